The summed E-state index contributed by atoms with van der Waals surface area (Å²) in [5.41, 5.74) is 2.96. The van der Waals surface area contributed by atoms with E-state index in [0.29, 0.717) is 6.61 Å². The molecule has 0 aliphatic rings. The van der Waals surface area contributed by atoms with Crippen LogP contribution in [0.4, 0.5) is 0 Å². The predicted octanol–water partition coefficient (Wildman–Crippen LogP) is 3.35. The van der Waals surface area contributed by atoms with Gasteiger partial charge in [0.25, 0.3) is 0 Å². The Labute approximate surface area is 108 Å². The molecule has 18 heavy (non-hydrogen) atoms. The van der Waals surface area contributed by atoms with Crippen LogP contribution in [0.1, 0.15) is 25.0 Å². The van der Waals surface area contributed by atoms with Crippen LogP contribution in [0, 0.1) is 19.8 Å². The minimum Gasteiger partial charge on any atom is -0.489 e. The van der Waals surface area contributed by atoms with E-state index < -0.39 is 5.97 Å². The van der Waals surface area contributed by atoms with E-state index in [4.69, 9.17) is 9.84 Å². The molecule has 0 radical (unpaired) electrons. The summed E-state index contributed by atoms with van der Waals surface area (Å²) in [5.74, 6) is 0.0430. The Morgan fingerprint density at radius 1 is 1.39 bits per heavy atom. The standard InChI is InChI=1S/C15H20O3/c1-10(2)13(8-15(16)17)9-18-14-7-11(3)5-6-12(14)4/h5-8,10H,9H2,1-4H3,(H,16,17)/b13-8-. The second-order valence-corrected chi connectivity index (χ2v) is 4.77. The van der Waals surface area contributed by atoms with Gasteiger partial charge >= 0.3 is 5.97 Å². The van der Waals surface area contributed by atoms with Crippen molar-refractivity contribution in [3.8, 4) is 5.75 Å². The lowest BCUT2D eigenvalue weighted by atomic mass is 10.0. The van der Waals surface area contributed by atoms with E-state index in [2.05, 4.69) is 0 Å². The number of carboxylic acids is 1. The second-order valence-electron chi connectivity index (χ2n) is 4.77. The molecule has 0 fully saturated rings. The van der Waals surface area contributed by atoms with E-state index in [1.807, 2.05) is 45.9 Å². The average molecular weight is 248 g/mol. The van der Waals surface area contributed by atoms with Gasteiger partial charge in [0.15, 0.2) is 0 Å². The van der Waals surface area contributed by atoms with Crippen molar-refractivity contribution in [3.63, 3.8) is 0 Å². The zero-order valence-corrected chi connectivity index (χ0v) is 11.4. The number of benzene rings is 1. The van der Waals surface area contributed by atoms with Gasteiger partial charge in [-0.15, -0.1) is 0 Å². The molecular weight excluding hydrogens is 228 g/mol. The van der Waals surface area contributed by atoms with Crippen molar-refractivity contribution >= 4 is 5.97 Å². The van der Waals surface area contributed by atoms with E-state index >= 15 is 0 Å². The molecule has 98 valence electrons. The van der Waals surface area contributed by atoms with Crippen LogP contribution in [0.2, 0.25) is 0 Å². The highest BCUT2D eigenvalue weighted by Crippen LogP contribution is 2.21. The first-order valence-corrected chi connectivity index (χ1v) is 6.03. The van der Waals surface area contributed by atoms with Crippen LogP contribution in [0.25, 0.3) is 0 Å². The zero-order chi connectivity index (χ0) is 13.7. The maximum atomic E-state index is 10.7. The minimum absolute atomic E-state index is 0.159. The number of ether oxygens (including phenoxy) is 1. The molecule has 0 aromatic heterocycles. The van der Waals surface area contributed by atoms with Crippen LogP contribution >= 0.6 is 0 Å². The SMILES string of the molecule is Cc1ccc(C)c(OC/C(=C/C(=O)O)C(C)C)c1. The molecule has 1 aromatic carbocycles. The average Bonchev–Trinajstić information content (AvgIpc) is 2.27. The van der Waals surface area contributed by atoms with Gasteiger partial charge in [0.1, 0.15) is 12.4 Å². The number of rotatable bonds is 5. The van der Waals surface area contributed by atoms with Gasteiger partial charge in [0.05, 0.1) is 0 Å². The molecule has 0 aliphatic heterocycles. The zero-order valence-electron chi connectivity index (χ0n) is 11.4. The van der Waals surface area contributed by atoms with E-state index in [1.54, 1.807) is 0 Å². The maximum absolute atomic E-state index is 10.7. The molecule has 1 N–H and O–H groups in total. The lowest BCUT2D eigenvalue weighted by Crippen LogP contribution is -2.09. The van der Waals surface area contributed by atoms with Gasteiger partial charge in [-0.1, -0.05) is 26.0 Å². The molecule has 0 aliphatic carbocycles. The number of carbonyl (C=O) groups is 1. The summed E-state index contributed by atoms with van der Waals surface area (Å²) >= 11 is 0. The smallest absolute Gasteiger partial charge is 0.328 e. The molecule has 3 nitrogen and oxygen atoms in total. The van der Waals surface area contributed by atoms with E-state index in [1.165, 1.54) is 6.08 Å². The minimum atomic E-state index is -0.928. The summed E-state index contributed by atoms with van der Waals surface area (Å²) in [6.45, 7) is 8.21. The summed E-state index contributed by atoms with van der Waals surface area (Å²) in [6, 6.07) is 5.99. The summed E-state index contributed by atoms with van der Waals surface area (Å²) in [4.78, 5) is 10.7. The molecule has 3 heteroatoms. The third-order valence-corrected chi connectivity index (χ3v) is 2.79. The molecule has 1 aromatic rings. The van der Waals surface area contributed by atoms with Gasteiger partial charge in [0.2, 0.25) is 0 Å². The first kappa shape index (κ1) is 14.3. The first-order chi connectivity index (χ1) is 8.40. The number of hydrogen-bond donors (Lipinski definition) is 1. The molecule has 0 unspecified atom stereocenters. The Bertz CT molecular complexity index is 459. The highest BCUT2D eigenvalue weighted by atomic mass is 16.5. The lowest BCUT2D eigenvalue weighted by molar-refractivity contribution is -0.131. The molecule has 0 bridgehead atoms. The van der Waals surface area contributed by atoms with Crippen LogP contribution < -0.4 is 4.74 Å². The number of aryl methyl sites for hydroxylation is 2. The van der Waals surface area contributed by atoms with Crippen molar-refractivity contribution in [1.82, 2.24) is 0 Å². The fraction of sp³-hybridized carbons (Fsp3) is 0.400. The number of carboxylic acid groups (broad SMARTS) is 1. The normalized spacial score (nSPS) is 11.7. The highest BCUT2D eigenvalue weighted by Gasteiger charge is 2.08. The van der Waals surface area contributed by atoms with Crippen LogP contribution in [0.3, 0.4) is 0 Å². The quantitative estimate of drug-likeness (QED) is 0.813. The Morgan fingerprint density at radius 2 is 2.06 bits per heavy atom. The van der Waals surface area contributed by atoms with Crippen LogP contribution in [0.5, 0.6) is 5.75 Å². The number of aliphatic carboxylic acids is 1. The van der Waals surface area contributed by atoms with Gasteiger partial charge in [0, 0.05) is 6.08 Å². The van der Waals surface area contributed by atoms with E-state index in [9.17, 15) is 4.79 Å². The van der Waals surface area contributed by atoms with Crippen LogP contribution in [-0.4, -0.2) is 17.7 Å². The molecule has 0 saturated heterocycles. The molecule has 1 rings (SSSR count). The Kier molecular flexibility index (Phi) is 4.95. The molecular formula is C15H20O3. The maximum Gasteiger partial charge on any atom is 0.328 e. The summed E-state index contributed by atoms with van der Waals surface area (Å²) in [5, 5.41) is 8.80. The molecule has 0 spiro atoms. The van der Waals surface area contributed by atoms with Crippen molar-refractivity contribution in [1.29, 1.82) is 0 Å². The summed E-state index contributed by atoms with van der Waals surface area (Å²) < 4.78 is 5.71. The van der Waals surface area contributed by atoms with Gasteiger partial charge in [-0.25, -0.2) is 4.79 Å². The fourth-order valence-corrected chi connectivity index (χ4v) is 1.56. The monoisotopic (exact) mass is 248 g/mol. The Hall–Kier alpha value is -1.77. The Balaban J connectivity index is 2.79. The second kappa shape index (κ2) is 6.24. The fourth-order valence-electron chi connectivity index (χ4n) is 1.56. The van der Waals surface area contributed by atoms with Gasteiger partial charge in [-0.3, -0.25) is 0 Å². The van der Waals surface area contributed by atoms with E-state index in [0.717, 1.165) is 22.4 Å². The van der Waals surface area contributed by atoms with Crippen molar-refractivity contribution in [3.05, 3.63) is 41.0 Å². The van der Waals surface area contributed by atoms with E-state index in [-0.39, 0.29) is 5.92 Å². The lowest BCUT2D eigenvalue weighted by Gasteiger charge is -2.14. The van der Waals surface area contributed by atoms with Gasteiger partial charge in [-0.05, 0) is 42.5 Å². The summed E-state index contributed by atoms with van der Waals surface area (Å²) in [7, 11) is 0. The largest absolute Gasteiger partial charge is 0.489 e. The predicted molar refractivity (Wildman–Crippen MR) is 72.0 cm³/mol. The van der Waals surface area contributed by atoms with Gasteiger partial charge < -0.3 is 9.84 Å². The molecule has 0 atom stereocenters. The highest BCUT2D eigenvalue weighted by molar-refractivity contribution is 5.80. The topological polar surface area (TPSA) is 46.5 Å². The third-order valence-electron chi connectivity index (χ3n) is 2.79. The third kappa shape index (κ3) is 4.24. The number of hydrogen-bond acceptors (Lipinski definition) is 2. The molecule has 0 amide bonds. The molecule has 0 saturated carbocycles. The van der Waals surface area contributed by atoms with Gasteiger partial charge in [-0.2, -0.15) is 0 Å². The van der Waals surface area contributed by atoms with Crippen molar-refractivity contribution in [2.45, 2.75) is 27.7 Å². The van der Waals surface area contributed by atoms with Crippen LogP contribution in [-0.2, 0) is 4.79 Å². The first-order valence-electron chi connectivity index (χ1n) is 6.03. The van der Waals surface area contributed by atoms with Crippen LogP contribution in [0.15, 0.2) is 29.8 Å². The van der Waals surface area contributed by atoms with Crippen molar-refractivity contribution in [2.75, 3.05) is 6.61 Å². The summed E-state index contributed by atoms with van der Waals surface area (Å²) in [6.07, 6.45) is 1.23. The van der Waals surface area contributed by atoms with Crippen molar-refractivity contribution < 1.29 is 14.6 Å². The molecule has 0 heterocycles. The Morgan fingerprint density at radius 3 is 2.61 bits per heavy atom. The van der Waals surface area contributed by atoms with Crippen molar-refractivity contribution in [2.24, 2.45) is 5.92 Å².